The van der Waals surface area contributed by atoms with E-state index in [0.717, 1.165) is 158 Å². The zero-order chi connectivity index (χ0) is 50.1. The van der Waals surface area contributed by atoms with E-state index in [1.165, 1.54) is 11.1 Å². The molecule has 6 heterocycles. The van der Waals surface area contributed by atoms with Gasteiger partial charge in [-0.3, -0.25) is 0 Å². The van der Waals surface area contributed by atoms with Crippen molar-refractivity contribution < 1.29 is 81.6 Å². The highest BCUT2D eigenvalue weighted by molar-refractivity contribution is 5.47. The number of rotatable bonds is 20. The Morgan fingerprint density at radius 1 is 0.392 bits per heavy atom. The average molecular weight is 1140 g/mol. The van der Waals surface area contributed by atoms with Crippen molar-refractivity contribution in [1.29, 1.82) is 0 Å². The average Bonchev–Trinajstić information content (AvgIpc) is 3.46. The van der Waals surface area contributed by atoms with Gasteiger partial charge in [-0.2, -0.15) is 0 Å². The van der Waals surface area contributed by atoms with Crippen LogP contribution in [0, 0.1) is 10.8 Å². The van der Waals surface area contributed by atoms with Gasteiger partial charge in [0.1, 0.15) is 47.3 Å². The van der Waals surface area contributed by atoms with E-state index in [1.54, 1.807) is 28.4 Å². The van der Waals surface area contributed by atoms with Gasteiger partial charge in [0, 0.05) is 49.4 Å². The maximum absolute atomic E-state index is 12.8. The Hall–Kier alpha value is -4.76. The summed E-state index contributed by atoms with van der Waals surface area (Å²) in [4.78, 5) is 0. The zero-order valence-corrected chi connectivity index (χ0v) is 46.9. The number of aliphatic hydroxyl groups is 2. The van der Waals surface area contributed by atoms with Crippen LogP contribution in [0.25, 0.3) is 0 Å². The molecule has 6 aromatic carbocycles. The standard InChI is InChI=1S/2C31H38NO4.2BrH/c2*1-34-28-12-6-10-26(22-28)31(33,27-11-7-13-29(23-27)35-2)30-14-17-32(18-15-30,19-16-30)20-21-36-24-25-8-4-3-5-9-25;;/h2*3-13,22-23,33H,14-21,24H2,1-2H3;2*1H/q2*+1;;/p-2. The molecule has 0 aliphatic carbocycles. The summed E-state index contributed by atoms with van der Waals surface area (Å²) in [7, 11) is 6.70. The summed E-state index contributed by atoms with van der Waals surface area (Å²) >= 11 is 0. The minimum absolute atomic E-state index is 0. The Bertz CT molecular complexity index is 2380. The van der Waals surface area contributed by atoms with Crippen LogP contribution >= 0.6 is 0 Å². The summed E-state index contributed by atoms with van der Waals surface area (Å²) in [6.07, 6.45) is 5.81. The van der Waals surface area contributed by atoms with Gasteiger partial charge in [-0.05, 0) is 81.9 Å². The topological polar surface area (TPSA) is 95.8 Å². The molecule has 0 radical (unpaired) electrons. The van der Waals surface area contributed by atoms with Crippen molar-refractivity contribution in [2.45, 2.75) is 62.9 Å². The van der Waals surface area contributed by atoms with Crippen LogP contribution in [0.5, 0.6) is 23.0 Å². The SMILES string of the molecule is COc1cccc(C(O)(c2cccc(OC)c2)C23CC[N+](CCOCc4ccccc4)(CC2)CC3)c1.COc1cccc(C(O)(c2cccc(OC)c2)C23CC[N+](CCOCc4ccccc4)(CC2)CC3)c1.[Br-].[Br-]. The maximum atomic E-state index is 12.8. The molecule has 0 atom stereocenters. The lowest BCUT2D eigenvalue weighted by Gasteiger charge is -2.60. The minimum Gasteiger partial charge on any atom is -1.00 e. The highest BCUT2D eigenvalue weighted by atomic mass is 79.9. The maximum Gasteiger partial charge on any atom is 0.121 e. The third-order valence-corrected chi connectivity index (χ3v) is 17.5. The fourth-order valence-electron chi connectivity index (χ4n) is 12.9. The first-order valence-corrected chi connectivity index (χ1v) is 26.0. The van der Waals surface area contributed by atoms with Crippen molar-refractivity contribution in [3.63, 3.8) is 0 Å². The van der Waals surface area contributed by atoms with Crippen LogP contribution in [0.4, 0.5) is 0 Å². The van der Waals surface area contributed by atoms with E-state index in [-0.39, 0.29) is 44.8 Å². The Morgan fingerprint density at radius 3 is 0.919 bits per heavy atom. The number of hydrogen-bond donors (Lipinski definition) is 2. The number of quaternary nitrogens is 2. The second kappa shape index (κ2) is 24.9. The van der Waals surface area contributed by atoms with Gasteiger partial charge in [0.2, 0.25) is 0 Å². The summed E-state index contributed by atoms with van der Waals surface area (Å²) in [6.45, 7) is 11.3. The Kier molecular flexibility index (Phi) is 19.2. The van der Waals surface area contributed by atoms with E-state index in [2.05, 4.69) is 48.5 Å². The smallest absolute Gasteiger partial charge is 0.121 e. The highest BCUT2D eigenvalue weighted by Gasteiger charge is 2.62. The second-order valence-electron chi connectivity index (χ2n) is 21.0. The minimum atomic E-state index is -1.13. The Morgan fingerprint density at radius 2 is 0.662 bits per heavy atom. The van der Waals surface area contributed by atoms with E-state index in [9.17, 15) is 10.2 Å². The quantitative estimate of drug-likeness (QED) is 0.0864. The summed E-state index contributed by atoms with van der Waals surface area (Å²) < 4.78 is 36.5. The predicted molar refractivity (Wildman–Crippen MR) is 282 cm³/mol. The summed E-state index contributed by atoms with van der Waals surface area (Å²) in [5.74, 6) is 3.05. The molecule has 6 aliphatic heterocycles. The molecule has 0 unspecified atom stereocenters. The number of nitrogens with zero attached hydrogens (tertiary/aromatic N) is 2. The van der Waals surface area contributed by atoms with Crippen LogP contribution in [0.3, 0.4) is 0 Å². The first-order chi connectivity index (χ1) is 35.0. The lowest BCUT2D eigenvalue weighted by molar-refractivity contribution is -0.946. The van der Waals surface area contributed by atoms with Crippen LogP contribution in [-0.4, -0.2) is 113 Å². The van der Waals surface area contributed by atoms with E-state index < -0.39 is 11.2 Å². The molecular formula is C62H76Br2N2O8. The molecule has 12 heteroatoms. The molecule has 4 bridgehead atoms. The van der Waals surface area contributed by atoms with Crippen LogP contribution in [0.15, 0.2) is 158 Å². The monoisotopic (exact) mass is 1130 g/mol. The van der Waals surface area contributed by atoms with Gasteiger partial charge in [0.05, 0.1) is 94.1 Å². The Labute approximate surface area is 460 Å². The van der Waals surface area contributed by atoms with Crippen molar-refractivity contribution >= 4 is 0 Å². The lowest BCUT2D eigenvalue weighted by Crippen LogP contribution is -3.00. The van der Waals surface area contributed by atoms with Gasteiger partial charge in [-0.1, -0.05) is 109 Å². The summed E-state index contributed by atoms with van der Waals surface area (Å²) in [5.41, 5.74) is 3.27. The van der Waals surface area contributed by atoms with Crippen molar-refractivity contribution in [2.24, 2.45) is 10.8 Å². The summed E-state index contributed by atoms with van der Waals surface area (Å²) in [5, 5.41) is 25.6. The third-order valence-electron chi connectivity index (χ3n) is 17.5. The molecule has 2 N–H and O–H groups in total. The highest BCUT2D eigenvalue weighted by Crippen LogP contribution is 2.59. The predicted octanol–water partition coefficient (Wildman–Crippen LogP) is 4.32. The zero-order valence-electron chi connectivity index (χ0n) is 43.7. The largest absolute Gasteiger partial charge is 1.00 e. The lowest BCUT2D eigenvalue weighted by atomic mass is 9.56. The summed E-state index contributed by atoms with van der Waals surface area (Å²) in [6, 6.07) is 52.6. The fourth-order valence-corrected chi connectivity index (χ4v) is 12.9. The number of benzene rings is 6. The molecule has 12 rings (SSSR count). The molecule has 0 spiro atoms. The van der Waals surface area contributed by atoms with Crippen LogP contribution < -0.4 is 52.9 Å². The molecule has 6 saturated heterocycles. The van der Waals surface area contributed by atoms with Crippen LogP contribution in [-0.2, 0) is 33.9 Å². The molecular weight excluding hydrogens is 1060 g/mol. The van der Waals surface area contributed by atoms with E-state index in [4.69, 9.17) is 28.4 Å². The van der Waals surface area contributed by atoms with Gasteiger partial charge in [0.15, 0.2) is 0 Å². The van der Waals surface area contributed by atoms with Crippen molar-refractivity contribution in [1.82, 2.24) is 0 Å². The van der Waals surface area contributed by atoms with Crippen LogP contribution in [0.2, 0.25) is 0 Å². The molecule has 6 aromatic rings. The van der Waals surface area contributed by atoms with Crippen LogP contribution in [0.1, 0.15) is 71.9 Å². The van der Waals surface area contributed by atoms with E-state index >= 15 is 0 Å². The van der Waals surface area contributed by atoms with Gasteiger partial charge in [-0.15, -0.1) is 0 Å². The van der Waals surface area contributed by atoms with E-state index in [0.29, 0.717) is 13.2 Å². The number of piperidine rings is 6. The van der Waals surface area contributed by atoms with Crippen molar-refractivity contribution in [3.05, 3.63) is 191 Å². The van der Waals surface area contributed by atoms with Crippen molar-refractivity contribution in [2.75, 3.05) is 94.0 Å². The van der Waals surface area contributed by atoms with E-state index in [1.807, 2.05) is 109 Å². The number of methoxy groups -OCH3 is 4. The fraction of sp³-hybridized carbons (Fsp3) is 0.419. The van der Waals surface area contributed by atoms with Gasteiger partial charge < -0.3 is 81.6 Å². The number of fused-ring (bicyclic) bond motifs is 6. The first kappa shape index (κ1) is 57.0. The first-order valence-electron chi connectivity index (χ1n) is 26.0. The second-order valence-corrected chi connectivity index (χ2v) is 21.0. The molecule has 396 valence electrons. The molecule has 10 nitrogen and oxygen atoms in total. The van der Waals surface area contributed by atoms with Gasteiger partial charge in [-0.25, -0.2) is 0 Å². The normalized spacial score (nSPS) is 22.8. The third kappa shape index (κ3) is 11.6. The van der Waals surface area contributed by atoms with Gasteiger partial charge in [0.25, 0.3) is 0 Å². The molecule has 0 saturated carbocycles. The molecule has 0 aromatic heterocycles. The van der Waals surface area contributed by atoms with Gasteiger partial charge >= 0.3 is 0 Å². The molecule has 0 amide bonds. The molecule has 6 aliphatic rings. The molecule has 6 fully saturated rings. The molecule has 74 heavy (non-hydrogen) atoms. The van der Waals surface area contributed by atoms with Crippen molar-refractivity contribution in [3.8, 4) is 23.0 Å². The number of ether oxygens (including phenoxy) is 6. The number of halogens is 2. The number of hydrogen-bond acceptors (Lipinski definition) is 8. The Balaban J connectivity index is 0.000000211.